The molecule has 0 aliphatic rings. The van der Waals surface area contributed by atoms with Crippen LogP contribution in [0.25, 0.3) is 16.9 Å². The molecule has 0 fully saturated rings. The van der Waals surface area contributed by atoms with E-state index in [0.29, 0.717) is 44.1 Å². The number of aromatic amines is 1. The van der Waals surface area contributed by atoms with Crippen LogP contribution in [0, 0.1) is 0 Å². The van der Waals surface area contributed by atoms with Gasteiger partial charge >= 0.3 is 0 Å². The minimum Gasteiger partial charge on any atom is -0.497 e. The lowest BCUT2D eigenvalue weighted by Gasteiger charge is -2.05. The Bertz CT molecular complexity index is 1370. The third-order valence-corrected chi connectivity index (χ3v) is 5.90. The van der Waals surface area contributed by atoms with E-state index in [4.69, 9.17) is 32.7 Å². The van der Waals surface area contributed by atoms with Gasteiger partial charge in [0.2, 0.25) is 0 Å². The SMILES string of the molecule is COc1ccc(-c2[nH]n(-c3ccc(OC)cc3)c(=O)c2C(C)=Nc2ccc(Cl)c(Cl)c2)cc1. The van der Waals surface area contributed by atoms with Gasteiger partial charge in [0.15, 0.2) is 0 Å². The van der Waals surface area contributed by atoms with E-state index in [9.17, 15) is 4.79 Å². The van der Waals surface area contributed by atoms with E-state index in [1.54, 1.807) is 51.5 Å². The summed E-state index contributed by atoms with van der Waals surface area (Å²) in [6.45, 7) is 1.79. The Labute approximate surface area is 201 Å². The molecule has 0 amide bonds. The number of aliphatic imine (C=N–C) groups is 1. The number of hydrogen-bond donors (Lipinski definition) is 1. The number of hydrogen-bond acceptors (Lipinski definition) is 4. The van der Waals surface area contributed by atoms with Crippen molar-refractivity contribution in [1.82, 2.24) is 9.78 Å². The average Bonchev–Trinajstić information content (AvgIpc) is 3.18. The number of methoxy groups -OCH3 is 2. The third kappa shape index (κ3) is 4.67. The van der Waals surface area contributed by atoms with Gasteiger partial charge in [0, 0.05) is 5.56 Å². The molecule has 0 aliphatic carbocycles. The fraction of sp³-hybridized carbons (Fsp3) is 0.120. The van der Waals surface area contributed by atoms with E-state index in [2.05, 4.69) is 10.1 Å². The molecule has 0 spiro atoms. The molecular weight excluding hydrogens is 461 g/mol. The molecule has 6 nitrogen and oxygen atoms in total. The van der Waals surface area contributed by atoms with Gasteiger partial charge in [-0.05, 0) is 73.7 Å². The van der Waals surface area contributed by atoms with Crippen molar-refractivity contribution in [3.8, 4) is 28.4 Å². The number of halogens is 2. The molecule has 0 radical (unpaired) electrons. The maximum Gasteiger partial charge on any atom is 0.280 e. The Balaban J connectivity index is 1.88. The van der Waals surface area contributed by atoms with Gasteiger partial charge in [0.25, 0.3) is 5.56 Å². The minimum atomic E-state index is -0.229. The van der Waals surface area contributed by atoms with E-state index in [1.165, 1.54) is 4.68 Å². The Hall–Kier alpha value is -3.48. The predicted octanol–water partition coefficient (Wildman–Crippen LogP) is 6.30. The number of rotatable bonds is 6. The van der Waals surface area contributed by atoms with Crippen LogP contribution in [0.2, 0.25) is 10.0 Å². The Morgan fingerprint density at radius 1 is 0.879 bits per heavy atom. The first-order chi connectivity index (χ1) is 15.9. The van der Waals surface area contributed by atoms with Gasteiger partial charge in [0.05, 0.1) is 52.6 Å². The summed E-state index contributed by atoms with van der Waals surface area (Å²) in [7, 11) is 3.20. The van der Waals surface area contributed by atoms with Crippen LogP contribution in [-0.2, 0) is 0 Å². The summed E-state index contributed by atoms with van der Waals surface area (Å²) < 4.78 is 12.0. The minimum absolute atomic E-state index is 0.229. The van der Waals surface area contributed by atoms with Crippen molar-refractivity contribution in [2.75, 3.05) is 14.2 Å². The van der Waals surface area contributed by atoms with Crippen molar-refractivity contribution >= 4 is 34.6 Å². The Kier molecular flexibility index (Phi) is 6.58. The molecule has 4 rings (SSSR count). The largest absolute Gasteiger partial charge is 0.497 e. The van der Waals surface area contributed by atoms with Crippen LogP contribution < -0.4 is 15.0 Å². The van der Waals surface area contributed by atoms with Gasteiger partial charge in [-0.1, -0.05) is 23.2 Å². The molecule has 4 aromatic rings. The van der Waals surface area contributed by atoms with Crippen LogP contribution in [-0.4, -0.2) is 29.7 Å². The van der Waals surface area contributed by atoms with Gasteiger partial charge in [-0.3, -0.25) is 14.9 Å². The number of H-pyrrole nitrogens is 1. The van der Waals surface area contributed by atoms with Crippen molar-refractivity contribution in [2.45, 2.75) is 6.92 Å². The van der Waals surface area contributed by atoms with Crippen LogP contribution in [0.4, 0.5) is 5.69 Å². The second kappa shape index (κ2) is 9.57. The zero-order valence-electron chi connectivity index (χ0n) is 18.2. The van der Waals surface area contributed by atoms with Crippen molar-refractivity contribution in [2.24, 2.45) is 4.99 Å². The monoisotopic (exact) mass is 481 g/mol. The molecule has 8 heteroatoms. The molecule has 0 unspecified atom stereocenters. The highest BCUT2D eigenvalue weighted by atomic mass is 35.5. The summed E-state index contributed by atoms with van der Waals surface area (Å²) in [6, 6.07) is 19.8. The van der Waals surface area contributed by atoms with Crippen LogP contribution in [0.5, 0.6) is 11.5 Å². The number of ether oxygens (including phenoxy) is 2. The van der Waals surface area contributed by atoms with Crippen LogP contribution in [0.1, 0.15) is 12.5 Å². The molecule has 168 valence electrons. The number of aromatic nitrogens is 2. The number of nitrogens with one attached hydrogen (secondary N) is 1. The van der Waals surface area contributed by atoms with Gasteiger partial charge in [-0.25, -0.2) is 4.68 Å². The molecule has 0 aliphatic heterocycles. The quantitative estimate of drug-likeness (QED) is 0.328. The van der Waals surface area contributed by atoms with Crippen molar-refractivity contribution < 1.29 is 9.47 Å². The molecule has 1 heterocycles. The van der Waals surface area contributed by atoms with Crippen LogP contribution in [0.3, 0.4) is 0 Å². The molecular formula is C25H21Cl2N3O3. The summed E-state index contributed by atoms with van der Waals surface area (Å²) >= 11 is 12.2. The van der Waals surface area contributed by atoms with Gasteiger partial charge in [-0.2, -0.15) is 0 Å². The molecule has 1 N–H and O–H groups in total. The molecule has 3 aromatic carbocycles. The second-order valence-electron chi connectivity index (χ2n) is 7.22. The summed E-state index contributed by atoms with van der Waals surface area (Å²) in [5.41, 5.74) is 3.48. The predicted molar refractivity (Wildman–Crippen MR) is 133 cm³/mol. The van der Waals surface area contributed by atoms with Gasteiger partial charge in [0.1, 0.15) is 11.5 Å². The fourth-order valence-electron chi connectivity index (χ4n) is 3.46. The summed E-state index contributed by atoms with van der Waals surface area (Å²) in [5, 5.41) is 4.07. The lowest BCUT2D eigenvalue weighted by atomic mass is 10.0. The molecule has 33 heavy (non-hydrogen) atoms. The summed E-state index contributed by atoms with van der Waals surface area (Å²) in [6.07, 6.45) is 0. The topological polar surface area (TPSA) is 68.6 Å². The van der Waals surface area contributed by atoms with Gasteiger partial charge < -0.3 is 9.47 Å². The third-order valence-electron chi connectivity index (χ3n) is 5.16. The van der Waals surface area contributed by atoms with Crippen LogP contribution >= 0.6 is 23.2 Å². The van der Waals surface area contributed by atoms with E-state index >= 15 is 0 Å². The first kappa shape index (κ1) is 22.7. The zero-order valence-corrected chi connectivity index (χ0v) is 19.7. The molecule has 0 atom stereocenters. The summed E-state index contributed by atoms with van der Waals surface area (Å²) in [5.74, 6) is 1.42. The first-order valence-electron chi connectivity index (χ1n) is 10.1. The Morgan fingerprint density at radius 3 is 2.06 bits per heavy atom. The standard InChI is InChI=1S/C25H21Cl2N3O3/c1-15(28-17-6-13-21(26)22(27)14-17)23-24(16-4-9-19(32-2)10-5-16)29-30(25(23)31)18-7-11-20(33-3)12-8-18/h4-14,29H,1-3H3. The molecule has 0 saturated heterocycles. The highest BCUT2D eigenvalue weighted by Crippen LogP contribution is 2.29. The normalized spacial score (nSPS) is 11.5. The first-order valence-corrected chi connectivity index (χ1v) is 10.8. The van der Waals surface area contributed by atoms with E-state index in [-0.39, 0.29) is 5.56 Å². The molecule has 0 bridgehead atoms. The highest BCUT2D eigenvalue weighted by molar-refractivity contribution is 6.42. The zero-order chi connectivity index (χ0) is 23.5. The lowest BCUT2D eigenvalue weighted by Crippen LogP contribution is -2.19. The van der Waals surface area contributed by atoms with Crippen LogP contribution in [0.15, 0.2) is 76.5 Å². The van der Waals surface area contributed by atoms with Crippen molar-refractivity contribution in [1.29, 1.82) is 0 Å². The lowest BCUT2D eigenvalue weighted by molar-refractivity contribution is 0.414. The average molecular weight is 482 g/mol. The second-order valence-corrected chi connectivity index (χ2v) is 8.04. The van der Waals surface area contributed by atoms with Gasteiger partial charge in [-0.15, -0.1) is 0 Å². The number of nitrogens with zero attached hydrogens (tertiary/aromatic N) is 2. The summed E-state index contributed by atoms with van der Waals surface area (Å²) in [4.78, 5) is 18.2. The smallest absolute Gasteiger partial charge is 0.280 e. The molecule has 0 saturated carbocycles. The fourth-order valence-corrected chi connectivity index (χ4v) is 3.75. The maximum absolute atomic E-state index is 13.5. The maximum atomic E-state index is 13.5. The van der Waals surface area contributed by atoms with Crippen molar-refractivity contribution in [3.63, 3.8) is 0 Å². The van der Waals surface area contributed by atoms with E-state index < -0.39 is 0 Å². The number of benzene rings is 3. The molecule has 1 aromatic heterocycles. The van der Waals surface area contributed by atoms with E-state index in [1.807, 2.05) is 36.4 Å². The Morgan fingerprint density at radius 2 is 1.48 bits per heavy atom. The van der Waals surface area contributed by atoms with E-state index in [0.717, 1.165) is 11.3 Å². The van der Waals surface area contributed by atoms with Crippen molar-refractivity contribution in [3.05, 3.63) is 92.7 Å². The highest BCUT2D eigenvalue weighted by Gasteiger charge is 2.19.